The van der Waals surface area contributed by atoms with Gasteiger partial charge in [-0.05, 0) is 6.92 Å². The molecule has 0 heterocycles. The lowest BCUT2D eigenvalue weighted by molar-refractivity contribution is -0.105. The Morgan fingerprint density at radius 1 is 1.70 bits per heavy atom. The second kappa shape index (κ2) is 2.42. The van der Waals surface area contributed by atoms with Crippen molar-refractivity contribution in [3.05, 3.63) is 11.8 Å². The number of ether oxygens (including phenoxy) is 1. The molecule has 0 aromatic carbocycles. The molecule has 1 rings (SSSR count). The molecule has 1 aliphatic carbocycles. The van der Waals surface area contributed by atoms with Gasteiger partial charge >= 0.3 is 0 Å². The molecule has 0 atom stereocenters. The van der Waals surface area contributed by atoms with Crippen molar-refractivity contribution in [1.29, 1.82) is 0 Å². The number of carbonyl (C=O) groups is 1. The third-order valence-electron chi connectivity index (χ3n) is 1.41. The number of rotatable bonds is 3. The summed E-state index contributed by atoms with van der Waals surface area (Å²) in [6, 6.07) is 0. The number of hydrogen-bond donors (Lipinski definition) is 1. The Morgan fingerprint density at radius 2 is 2.30 bits per heavy atom. The Bertz CT molecular complexity index is 170. The summed E-state index contributed by atoms with van der Waals surface area (Å²) in [5.41, 5.74) is 5.68. The van der Waals surface area contributed by atoms with Gasteiger partial charge in [0.25, 0.3) is 0 Å². The van der Waals surface area contributed by atoms with E-state index in [1.165, 1.54) is 6.26 Å². The van der Waals surface area contributed by atoms with Gasteiger partial charge in [0.05, 0.1) is 6.26 Å². The van der Waals surface area contributed by atoms with E-state index < -0.39 is 5.72 Å². The standard InChI is InChI=1S/C7H11NO2/c1-6(4-9)5-10-7(8)2-3-7/h4-5H,2-3,8H2,1H3/b6-5+. The maximum atomic E-state index is 10.1. The lowest BCUT2D eigenvalue weighted by Gasteiger charge is -2.06. The van der Waals surface area contributed by atoms with Crippen LogP contribution in [-0.2, 0) is 9.53 Å². The van der Waals surface area contributed by atoms with Gasteiger partial charge in [-0.2, -0.15) is 0 Å². The molecule has 0 unspecified atom stereocenters. The molecule has 56 valence electrons. The van der Waals surface area contributed by atoms with E-state index in [1.807, 2.05) is 0 Å². The van der Waals surface area contributed by atoms with Crippen molar-refractivity contribution in [2.75, 3.05) is 0 Å². The van der Waals surface area contributed by atoms with Gasteiger partial charge in [-0.3, -0.25) is 10.5 Å². The average molecular weight is 141 g/mol. The van der Waals surface area contributed by atoms with Gasteiger partial charge < -0.3 is 4.74 Å². The summed E-state index contributed by atoms with van der Waals surface area (Å²) in [5.74, 6) is 0. The minimum atomic E-state index is -0.454. The Morgan fingerprint density at radius 3 is 2.70 bits per heavy atom. The van der Waals surface area contributed by atoms with E-state index in [-0.39, 0.29) is 0 Å². The van der Waals surface area contributed by atoms with Crippen LogP contribution in [0.2, 0.25) is 0 Å². The zero-order chi connectivity index (χ0) is 7.61. The number of carbonyl (C=O) groups excluding carboxylic acids is 1. The van der Waals surface area contributed by atoms with Crippen LogP contribution in [-0.4, -0.2) is 12.0 Å². The minimum absolute atomic E-state index is 0.454. The number of aldehydes is 1. The van der Waals surface area contributed by atoms with Crippen LogP contribution < -0.4 is 5.73 Å². The fourth-order valence-corrected chi connectivity index (χ4v) is 0.479. The van der Waals surface area contributed by atoms with Crippen molar-refractivity contribution in [1.82, 2.24) is 0 Å². The summed E-state index contributed by atoms with van der Waals surface area (Å²) >= 11 is 0. The van der Waals surface area contributed by atoms with Crippen LogP contribution in [0.25, 0.3) is 0 Å². The highest BCUT2D eigenvalue weighted by atomic mass is 16.5. The quantitative estimate of drug-likeness (QED) is 0.270. The SMILES string of the molecule is C/C(C=O)=C\OC1(N)CC1. The van der Waals surface area contributed by atoms with Crippen LogP contribution in [0, 0.1) is 0 Å². The molecule has 0 aromatic heterocycles. The third kappa shape index (κ3) is 1.84. The van der Waals surface area contributed by atoms with Gasteiger partial charge in [-0.25, -0.2) is 0 Å². The van der Waals surface area contributed by atoms with Crippen molar-refractivity contribution in [3.63, 3.8) is 0 Å². The first-order valence-electron chi connectivity index (χ1n) is 3.25. The summed E-state index contributed by atoms with van der Waals surface area (Å²) in [6.07, 6.45) is 3.93. The summed E-state index contributed by atoms with van der Waals surface area (Å²) in [4.78, 5) is 10.1. The summed E-state index contributed by atoms with van der Waals surface area (Å²) in [5, 5.41) is 0. The van der Waals surface area contributed by atoms with Gasteiger partial charge in [0.15, 0.2) is 5.72 Å². The smallest absolute Gasteiger partial charge is 0.158 e. The molecule has 0 bridgehead atoms. The predicted molar refractivity (Wildman–Crippen MR) is 37.1 cm³/mol. The van der Waals surface area contributed by atoms with Crippen molar-refractivity contribution in [3.8, 4) is 0 Å². The molecule has 0 aliphatic heterocycles. The van der Waals surface area contributed by atoms with Gasteiger partial charge in [0.1, 0.15) is 6.29 Å². The largest absolute Gasteiger partial charge is 0.480 e. The Hall–Kier alpha value is -0.830. The molecule has 0 amide bonds. The first-order valence-corrected chi connectivity index (χ1v) is 3.25. The van der Waals surface area contributed by atoms with Crippen molar-refractivity contribution in [2.45, 2.75) is 25.5 Å². The van der Waals surface area contributed by atoms with E-state index in [2.05, 4.69) is 0 Å². The highest BCUT2D eigenvalue weighted by Gasteiger charge is 2.40. The average Bonchev–Trinajstić information content (AvgIpc) is 2.64. The fraction of sp³-hybridized carbons (Fsp3) is 0.571. The van der Waals surface area contributed by atoms with E-state index in [1.54, 1.807) is 6.92 Å². The number of nitrogens with two attached hydrogens (primary N) is 1. The Balaban J connectivity index is 2.33. The maximum Gasteiger partial charge on any atom is 0.158 e. The summed E-state index contributed by atoms with van der Waals surface area (Å²) < 4.78 is 5.08. The number of allylic oxidation sites excluding steroid dienone is 1. The van der Waals surface area contributed by atoms with Crippen LogP contribution in [0.4, 0.5) is 0 Å². The topological polar surface area (TPSA) is 52.3 Å². The predicted octanol–water partition coefficient (Wildman–Crippen LogP) is 0.554. The van der Waals surface area contributed by atoms with Crippen LogP contribution >= 0.6 is 0 Å². The molecule has 0 aromatic rings. The van der Waals surface area contributed by atoms with E-state index >= 15 is 0 Å². The minimum Gasteiger partial charge on any atom is -0.480 e. The molecular weight excluding hydrogens is 130 g/mol. The van der Waals surface area contributed by atoms with E-state index in [4.69, 9.17) is 10.5 Å². The molecule has 2 N–H and O–H groups in total. The van der Waals surface area contributed by atoms with Crippen LogP contribution in [0.5, 0.6) is 0 Å². The first-order chi connectivity index (χ1) is 4.66. The van der Waals surface area contributed by atoms with E-state index in [0.29, 0.717) is 5.57 Å². The normalized spacial score (nSPS) is 22.0. The van der Waals surface area contributed by atoms with E-state index in [9.17, 15) is 4.79 Å². The second-order valence-electron chi connectivity index (χ2n) is 2.66. The zero-order valence-corrected chi connectivity index (χ0v) is 5.96. The molecule has 1 fully saturated rings. The molecule has 10 heavy (non-hydrogen) atoms. The lowest BCUT2D eigenvalue weighted by atomic mass is 10.4. The monoisotopic (exact) mass is 141 g/mol. The zero-order valence-electron chi connectivity index (χ0n) is 5.96. The fourth-order valence-electron chi connectivity index (χ4n) is 0.479. The lowest BCUT2D eigenvalue weighted by Crippen LogP contribution is -2.23. The van der Waals surface area contributed by atoms with Crippen LogP contribution in [0.3, 0.4) is 0 Å². The molecule has 3 nitrogen and oxygen atoms in total. The van der Waals surface area contributed by atoms with Crippen molar-refractivity contribution < 1.29 is 9.53 Å². The molecular formula is C7H11NO2. The highest BCUT2D eigenvalue weighted by Crippen LogP contribution is 2.33. The van der Waals surface area contributed by atoms with Crippen LogP contribution in [0.1, 0.15) is 19.8 Å². The summed E-state index contributed by atoms with van der Waals surface area (Å²) in [7, 11) is 0. The second-order valence-corrected chi connectivity index (χ2v) is 2.66. The summed E-state index contributed by atoms with van der Waals surface area (Å²) in [6.45, 7) is 1.68. The van der Waals surface area contributed by atoms with E-state index in [0.717, 1.165) is 19.1 Å². The van der Waals surface area contributed by atoms with Gasteiger partial charge in [-0.15, -0.1) is 0 Å². The molecule has 0 radical (unpaired) electrons. The Labute approximate surface area is 59.8 Å². The van der Waals surface area contributed by atoms with Crippen molar-refractivity contribution in [2.24, 2.45) is 5.73 Å². The van der Waals surface area contributed by atoms with Gasteiger partial charge in [0.2, 0.25) is 0 Å². The Kier molecular flexibility index (Phi) is 1.76. The third-order valence-corrected chi connectivity index (χ3v) is 1.41. The molecule has 3 heteroatoms. The highest BCUT2D eigenvalue weighted by molar-refractivity contribution is 5.71. The molecule has 1 saturated carbocycles. The molecule has 0 spiro atoms. The first kappa shape index (κ1) is 7.28. The molecule has 1 aliphatic rings. The molecule has 0 saturated heterocycles. The maximum absolute atomic E-state index is 10.1. The van der Waals surface area contributed by atoms with Crippen LogP contribution in [0.15, 0.2) is 11.8 Å². The van der Waals surface area contributed by atoms with Crippen molar-refractivity contribution >= 4 is 6.29 Å². The number of hydrogen-bond acceptors (Lipinski definition) is 3. The van der Waals surface area contributed by atoms with Gasteiger partial charge in [0, 0.05) is 18.4 Å². The van der Waals surface area contributed by atoms with Gasteiger partial charge in [-0.1, -0.05) is 0 Å².